The van der Waals surface area contributed by atoms with Crippen LogP contribution in [-0.4, -0.2) is 14.3 Å². The van der Waals surface area contributed by atoms with E-state index < -0.39 is 9.84 Å². The minimum atomic E-state index is -3.62. The Morgan fingerprint density at radius 3 is 2.23 bits per heavy atom. The molecule has 1 heterocycles. The first-order chi connectivity index (χ1) is 12.3. The third kappa shape index (κ3) is 3.71. The Morgan fingerprint density at radius 1 is 0.885 bits per heavy atom. The van der Waals surface area contributed by atoms with E-state index in [1.165, 1.54) is 6.07 Å². The molecule has 1 aromatic heterocycles. The number of aryl methyl sites for hydroxylation is 3. The fraction of sp³-hybridized carbons (Fsp3) is 0.150. The largest absolute Gasteiger partial charge is 0.321 e. The van der Waals surface area contributed by atoms with E-state index in [1.807, 2.05) is 39.0 Å². The number of hydrogen-bond acceptors (Lipinski definition) is 4. The standard InChI is InChI=1S/C20H19NO3S2/c1-13-5-8-16(9-6-13)26(23,24)19-11-10-18(25-19)20(22)21-17-12-14(2)4-7-15(17)3/h4-12H,1-3H3,(H,21,22). The minimum Gasteiger partial charge on any atom is -0.321 e. The second kappa shape index (κ2) is 7.05. The third-order valence-corrected chi connectivity index (χ3v) is 7.39. The van der Waals surface area contributed by atoms with E-state index in [4.69, 9.17) is 0 Å². The zero-order valence-electron chi connectivity index (χ0n) is 14.7. The van der Waals surface area contributed by atoms with Crippen LogP contribution in [0.5, 0.6) is 0 Å². The zero-order valence-corrected chi connectivity index (χ0v) is 16.4. The van der Waals surface area contributed by atoms with Crippen molar-refractivity contribution in [1.29, 1.82) is 0 Å². The molecule has 0 aliphatic rings. The van der Waals surface area contributed by atoms with Gasteiger partial charge in [-0.15, -0.1) is 11.3 Å². The van der Waals surface area contributed by atoms with Gasteiger partial charge < -0.3 is 5.32 Å². The average Bonchev–Trinajstić information content (AvgIpc) is 3.09. The van der Waals surface area contributed by atoms with Crippen LogP contribution in [0, 0.1) is 20.8 Å². The fourth-order valence-corrected chi connectivity index (χ4v) is 5.08. The van der Waals surface area contributed by atoms with Crippen molar-refractivity contribution in [2.75, 3.05) is 5.32 Å². The summed E-state index contributed by atoms with van der Waals surface area (Å²) in [6.45, 7) is 5.76. The van der Waals surface area contributed by atoms with Crippen LogP contribution in [0.3, 0.4) is 0 Å². The molecule has 1 N–H and O–H groups in total. The number of hydrogen-bond donors (Lipinski definition) is 1. The van der Waals surface area contributed by atoms with Gasteiger partial charge in [0.05, 0.1) is 9.77 Å². The molecule has 0 saturated carbocycles. The molecule has 3 aromatic rings. The number of benzene rings is 2. The molecule has 0 atom stereocenters. The van der Waals surface area contributed by atoms with Crippen LogP contribution in [0.4, 0.5) is 5.69 Å². The van der Waals surface area contributed by atoms with Crippen molar-refractivity contribution in [2.24, 2.45) is 0 Å². The van der Waals surface area contributed by atoms with Crippen LogP contribution in [0.15, 0.2) is 63.7 Å². The van der Waals surface area contributed by atoms with E-state index in [2.05, 4.69) is 5.32 Å². The number of rotatable bonds is 4. The summed E-state index contributed by atoms with van der Waals surface area (Å²) in [5.41, 5.74) is 3.71. The van der Waals surface area contributed by atoms with E-state index >= 15 is 0 Å². The quantitative estimate of drug-likeness (QED) is 0.704. The number of carbonyl (C=O) groups is 1. The molecule has 2 aromatic carbocycles. The van der Waals surface area contributed by atoms with Crippen molar-refractivity contribution in [2.45, 2.75) is 29.9 Å². The lowest BCUT2D eigenvalue weighted by molar-refractivity contribution is 0.103. The van der Waals surface area contributed by atoms with Gasteiger partial charge in [-0.3, -0.25) is 4.79 Å². The topological polar surface area (TPSA) is 63.2 Å². The van der Waals surface area contributed by atoms with Gasteiger partial charge in [0.2, 0.25) is 9.84 Å². The molecule has 0 fully saturated rings. The van der Waals surface area contributed by atoms with Gasteiger partial charge in [-0.05, 0) is 62.2 Å². The molecule has 0 bridgehead atoms. The van der Waals surface area contributed by atoms with Crippen molar-refractivity contribution in [1.82, 2.24) is 0 Å². The van der Waals surface area contributed by atoms with Crippen LogP contribution in [0.1, 0.15) is 26.4 Å². The SMILES string of the molecule is Cc1ccc(S(=O)(=O)c2ccc(C(=O)Nc3cc(C)ccc3C)s2)cc1. The molecule has 0 saturated heterocycles. The van der Waals surface area contributed by atoms with Crippen LogP contribution in [0.25, 0.3) is 0 Å². The number of sulfone groups is 1. The normalized spacial score (nSPS) is 11.3. The zero-order chi connectivity index (χ0) is 18.9. The van der Waals surface area contributed by atoms with Gasteiger partial charge in [0.15, 0.2) is 0 Å². The fourth-order valence-electron chi connectivity index (χ4n) is 2.47. The van der Waals surface area contributed by atoms with E-state index in [9.17, 15) is 13.2 Å². The predicted molar refractivity (Wildman–Crippen MR) is 105 cm³/mol. The molecule has 0 spiro atoms. The summed E-state index contributed by atoms with van der Waals surface area (Å²) in [5, 5.41) is 2.86. The van der Waals surface area contributed by atoms with Gasteiger partial charge in [0.1, 0.15) is 4.21 Å². The first kappa shape index (κ1) is 18.4. The molecule has 0 aliphatic carbocycles. The van der Waals surface area contributed by atoms with Gasteiger partial charge in [-0.25, -0.2) is 8.42 Å². The summed E-state index contributed by atoms with van der Waals surface area (Å²) in [6.07, 6.45) is 0. The molecular formula is C20H19NO3S2. The van der Waals surface area contributed by atoms with Gasteiger partial charge in [-0.1, -0.05) is 29.8 Å². The number of nitrogens with one attached hydrogen (secondary N) is 1. The summed E-state index contributed by atoms with van der Waals surface area (Å²) >= 11 is 0.976. The Morgan fingerprint density at radius 2 is 1.54 bits per heavy atom. The lowest BCUT2D eigenvalue weighted by Gasteiger charge is -2.08. The molecule has 1 amide bonds. The Bertz CT molecular complexity index is 1060. The Balaban J connectivity index is 1.86. The molecule has 0 unspecified atom stereocenters. The molecule has 26 heavy (non-hydrogen) atoms. The first-order valence-corrected chi connectivity index (χ1v) is 10.4. The maximum Gasteiger partial charge on any atom is 0.265 e. The second-order valence-electron chi connectivity index (χ2n) is 6.21. The van der Waals surface area contributed by atoms with Crippen LogP contribution >= 0.6 is 11.3 Å². The summed E-state index contributed by atoms with van der Waals surface area (Å²) in [5.74, 6) is -0.311. The highest BCUT2D eigenvalue weighted by Crippen LogP contribution is 2.29. The lowest BCUT2D eigenvalue weighted by atomic mass is 10.1. The Labute approximate surface area is 157 Å². The van der Waals surface area contributed by atoms with Crippen molar-refractivity contribution in [3.63, 3.8) is 0 Å². The van der Waals surface area contributed by atoms with Crippen LogP contribution < -0.4 is 5.32 Å². The Hall–Kier alpha value is -2.44. The second-order valence-corrected chi connectivity index (χ2v) is 9.47. The van der Waals surface area contributed by atoms with E-state index in [0.717, 1.165) is 33.7 Å². The predicted octanol–water partition coefficient (Wildman–Crippen LogP) is 4.76. The molecule has 6 heteroatoms. The number of amides is 1. The maximum atomic E-state index is 12.7. The molecule has 3 rings (SSSR count). The van der Waals surface area contributed by atoms with E-state index in [0.29, 0.717) is 4.88 Å². The highest BCUT2D eigenvalue weighted by atomic mass is 32.2. The first-order valence-electron chi connectivity index (χ1n) is 8.07. The third-order valence-electron chi connectivity index (χ3n) is 4.04. The lowest BCUT2D eigenvalue weighted by Crippen LogP contribution is -2.11. The van der Waals surface area contributed by atoms with Gasteiger partial charge >= 0.3 is 0 Å². The summed E-state index contributed by atoms with van der Waals surface area (Å²) in [7, 11) is -3.62. The monoisotopic (exact) mass is 385 g/mol. The van der Waals surface area contributed by atoms with Crippen LogP contribution in [0.2, 0.25) is 0 Å². The molecule has 0 aliphatic heterocycles. The number of carbonyl (C=O) groups excluding carboxylic acids is 1. The number of thiophene rings is 1. The minimum absolute atomic E-state index is 0.160. The van der Waals surface area contributed by atoms with E-state index in [1.54, 1.807) is 30.3 Å². The van der Waals surface area contributed by atoms with Crippen molar-refractivity contribution in [3.05, 3.63) is 76.2 Å². The smallest absolute Gasteiger partial charge is 0.265 e. The highest BCUT2D eigenvalue weighted by molar-refractivity contribution is 7.93. The summed E-state index contributed by atoms with van der Waals surface area (Å²) in [4.78, 5) is 13.1. The molecule has 4 nitrogen and oxygen atoms in total. The molecular weight excluding hydrogens is 366 g/mol. The number of anilines is 1. The molecule has 0 radical (unpaired) electrons. The van der Waals surface area contributed by atoms with Gasteiger partial charge in [-0.2, -0.15) is 0 Å². The van der Waals surface area contributed by atoms with Gasteiger partial charge in [0.25, 0.3) is 5.91 Å². The Kier molecular flexibility index (Phi) is 4.98. The van der Waals surface area contributed by atoms with Crippen molar-refractivity contribution >= 4 is 32.8 Å². The van der Waals surface area contributed by atoms with E-state index in [-0.39, 0.29) is 15.0 Å². The maximum absolute atomic E-state index is 12.7. The average molecular weight is 386 g/mol. The van der Waals surface area contributed by atoms with Gasteiger partial charge in [0, 0.05) is 5.69 Å². The van der Waals surface area contributed by atoms with Crippen molar-refractivity contribution in [3.8, 4) is 0 Å². The summed E-state index contributed by atoms with van der Waals surface area (Å²) in [6, 6.07) is 15.5. The highest BCUT2D eigenvalue weighted by Gasteiger charge is 2.21. The van der Waals surface area contributed by atoms with Crippen molar-refractivity contribution < 1.29 is 13.2 Å². The van der Waals surface area contributed by atoms with Crippen LogP contribution in [-0.2, 0) is 9.84 Å². The molecule has 134 valence electrons. The summed E-state index contributed by atoms with van der Waals surface area (Å²) < 4.78 is 25.6.